The third kappa shape index (κ3) is 3.81. The minimum atomic E-state index is -0.736. The molecule has 0 heterocycles. The van der Waals surface area contributed by atoms with Gasteiger partial charge in [0.1, 0.15) is 11.6 Å². The van der Waals surface area contributed by atoms with Gasteiger partial charge in [0.05, 0.1) is 6.10 Å². The molecule has 0 bridgehead atoms. The van der Waals surface area contributed by atoms with Gasteiger partial charge in [-0.25, -0.2) is 4.39 Å². The third-order valence-corrected chi connectivity index (χ3v) is 2.52. The molecule has 1 rings (SSSR count). The van der Waals surface area contributed by atoms with Crippen molar-refractivity contribution >= 4 is 0 Å². The molecule has 3 heteroatoms. The highest BCUT2D eigenvalue weighted by molar-refractivity contribution is 5.34. The molecule has 0 aromatic heterocycles. The standard InChI is InChI=1S/C13H19FO2/c1-13(2,3)7-6-11(15)10-5-4-9(14)8-12(10)16/h4-5,8,11,15-16H,6-7H2,1-3H3/t11-/m0/s1. The van der Waals surface area contributed by atoms with E-state index in [0.29, 0.717) is 12.0 Å². The van der Waals surface area contributed by atoms with Crippen LogP contribution >= 0.6 is 0 Å². The van der Waals surface area contributed by atoms with Gasteiger partial charge in [0.15, 0.2) is 0 Å². The largest absolute Gasteiger partial charge is 0.507 e. The van der Waals surface area contributed by atoms with E-state index in [9.17, 15) is 14.6 Å². The molecule has 0 unspecified atom stereocenters. The molecule has 1 aromatic carbocycles. The SMILES string of the molecule is CC(C)(C)CC[C@H](O)c1ccc(F)cc1O. The summed E-state index contributed by atoms with van der Waals surface area (Å²) in [5.41, 5.74) is 0.530. The van der Waals surface area contributed by atoms with Crippen LogP contribution in [0.25, 0.3) is 0 Å². The second-order valence-electron chi connectivity index (χ2n) is 5.32. The van der Waals surface area contributed by atoms with Crippen LogP contribution in [0.15, 0.2) is 18.2 Å². The molecule has 2 nitrogen and oxygen atoms in total. The Morgan fingerprint density at radius 2 is 1.94 bits per heavy atom. The number of aliphatic hydroxyl groups is 1. The van der Waals surface area contributed by atoms with Gasteiger partial charge < -0.3 is 10.2 Å². The molecule has 0 aliphatic rings. The molecule has 0 saturated carbocycles. The summed E-state index contributed by atoms with van der Waals surface area (Å²) in [7, 11) is 0. The lowest BCUT2D eigenvalue weighted by Gasteiger charge is -2.20. The van der Waals surface area contributed by atoms with Gasteiger partial charge in [-0.1, -0.05) is 20.8 Å². The zero-order chi connectivity index (χ0) is 12.3. The Bertz CT molecular complexity index is 355. The van der Waals surface area contributed by atoms with Crippen LogP contribution in [0.5, 0.6) is 5.75 Å². The van der Waals surface area contributed by atoms with Gasteiger partial charge in [-0.3, -0.25) is 0 Å². The molecule has 1 aromatic rings. The molecule has 0 aliphatic carbocycles. The number of halogens is 1. The maximum atomic E-state index is 12.7. The molecule has 0 fully saturated rings. The summed E-state index contributed by atoms with van der Waals surface area (Å²) in [5, 5.41) is 19.4. The van der Waals surface area contributed by atoms with Gasteiger partial charge in [0.2, 0.25) is 0 Å². The lowest BCUT2D eigenvalue weighted by molar-refractivity contribution is 0.144. The van der Waals surface area contributed by atoms with E-state index < -0.39 is 11.9 Å². The van der Waals surface area contributed by atoms with Crippen LogP contribution in [0.2, 0.25) is 0 Å². The molecule has 16 heavy (non-hydrogen) atoms. The number of phenols is 1. The van der Waals surface area contributed by atoms with Crippen molar-refractivity contribution in [1.29, 1.82) is 0 Å². The van der Waals surface area contributed by atoms with Crippen LogP contribution in [0, 0.1) is 11.2 Å². The molecule has 0 spiro atoms. The molecule has 0 aliphatic heterocycles. The number of hydrogen-bond acceptors (Lipinski definition) is 2. The minimum Gasteiger partial charge on any atom is -0.507 e. The fourth-order valence-electron chi connectivity index (χ4n) is 1.52. The molecular formula is C13H19FO2. The van der Waals surface area contributed by atoms with E-state index in [0.717, 1.165) is 12.5 Å². The number of aromatic hydroxyl groups is 1. The predicted molar refractivity (Wildman–Crippen MR) is 61.7 cm³/mol. The van der Waals surface area contributed by atoms with Gasteiger partial charge in [-0.15, -0.1) is 0 Å². The zero-order valence-electron chi connectivity index (χ0n) is 10.00. The van der Waals surface area contributed by atoms with E-state index in [1.165, 1.54) is 12.1 Å². The quantitative estimate of drug-likeness (QED) is 0.829. The van der Waals surface area contributed by atoms with Gasteiger partial charge in [-0.2, -0.15) is 0 Å². The summed E-state index contributed by atoms with van der Waals surface area (Å²) in [6.45, 7) is 6.26. The van der Waals surface area contributed by atoms with E-state index in [1.807, 2.05) is 0 Å². The second-order valence-corrected chi connectivity index (χ2v) is 5.32. The van der Waals surface area contributed by atoms with Crippen LogP contribution in [-0.4, -0.2) is 10.2 Å². The van der Waals surface area contributed by atoms with Crippen molar-refractivity contribution in [2.75, 3.05) is 0 Å². The van der Waals surface area contributed by atoms with Crippen molar-refractivity contribution in [2.24, 2.45) is 5.41 Å². The molecule has 90 valence electrons. The number of hydrogen-bond donors (Lipinski definition) is 2. The van der Waals surface area contributed by atoms with Crippen LogP contribution in [0.4, 0.5) is 4.39 Å². The minimum absolute atomic E-state index is 0.136. The fraction of sp³-hybridized carbons (Fsp3) is 0.538. The van der Waals surface area contributed by atoms with E-state index in [2.05, 4.69) is 20.8 Å². The summed E-state index contributed by atoms with van der Waals surface area (Å²) in [4.78, 5) is 0. The first-order chi connectivity index (χ1) is 7.29. The van der Waals surface area contributed by atoms with Crippen molar-refractivity contribution < 1.29 is 14.6 Å². The van der Waals surface area contributed by atoms with Crippen LogP contribution in [0.3, 0.4) is 0 Å². The molecular weight excluding hydrogens is 207 g/mol. The molecule has 0 amide bonds. The van der Waals surface area contributed by atoms with Crippen LogP contribution in [-0.2, 0) is 0 Å². The molecule has 0 saturated heterocycles. The first-order valence-corrected chi connectivity index (χ1v) is 5.46. The fourth-order valence-corrected chi connectivity index (χ4v) is 1.52. The summed E-state index contributed by atoms with van der Waals surface area (Å²) in [5.74, 6) is -0.675. The first-order valence-electron chi connectivity index (χ1n) is 5.46. The van der Waals surface area contributed by atoms with Crippen LogP contribution < -0.4 is 0 Å². The normalized spacial score (nSPS) is 13.8. The Labute approximate surface area is 95.7 Å². The van der Waals surface area contributed by atoms with Crippen molar-refractivity contribution in [2.45, 2.75) is 39.7 Å². The topological polar surface area (TPSA) is 40.5 Å². The van der Waals surface area contributed by atoms with Gasteiger partial charge >= 0.3 is 0 Å². The number of phenolic OH excluding ortho intramolecular Hbond substituents is 1. The molecule has 0 radical (unpaired) electrons. The van der Waals surface area contributed by atoms with Gasteiger partial charge in [-0.05, 0) is 30.4 Å². The molecule has 1 atom stereocenters. The lowest BCUT2D eigenvalue weighted by Crippen LogP contribution is -2.08. The number of benzene rings is 1. The van der Waals surface area contributed by atoms with E-state index in [1.54, 1.807) is 0 Å². The van der Waals surface area contributed by atoms with Gasteiger partial charge in [0, 0.05) is 11.6 Å². The highest BCUT2D eigenvalue weighted by Crippen LogP contribution is 2.31. The Hall–Kier alpha value is -1.09. The van der Waals surface area contributed by atoms with E-state index >= 15 is 0 Å². The Morgan fingerprint density at radius 3 is 2.44 bits per heavy atom. The highest BCUT2D eigenvalue weighted by atomic mass is 19.1. The average molecular weight is 226 g/mol. The second kappa shape index (κ2) is 4.83. The summed E-state index contributed by atoms with van der Waals surface area (Å²) in [6.07, 6.45) is 0.660. The number of aliphatic hydroxyl groups excluding tert-OH is 1. The third-order valence-electron chi connectivity index (χ3n) is 2.52. The van der Waals surface area contributed by atoms with Crippen molar-refractivity contribution in [1.82, 2.24) is 0 Å². The summed E-state index contributed by atoms with van der Waals surface area (Å²) >= 11 is 0. The average Bonchev–Trinajstić information content (AvgIpc) is 2.13. The number of rotatable bonds is 3. The Morgan fingerprint density at radius 1 is 1.31 bits per heavy atom. The van der Waals surface area contributed by atoms with Crippen molar-refractivity contribution in [3.8, 4) is 5.75 Å². The summed E-state index contributed by atoms with van der Waals surface area (Å²) in [6, 6.07) is 3.70. The van der Waals surface area contributed by atoms with Crippen molar-refractivity contribution in [3.63, 3.8) is 0 Å². The summed E-state index contributed by atoms with van der Waals surface area (Å²) < 4.78 is 12.7. The Balaban J connectivity index is 2.70. The highest BCUT2D eigenvalue weighted by Gasteiger charge is 2.17. The lowest BCUT2D eigenvalue weighted by atomic mass is 9.88. The monoisotopic (exact) mass is 226 g/mol. The predicted octanol–water partition coefficient (Wildman–Crippen LogP) is 3.39. The molecule has 2 N–H and O–H groups in total. The zero-order valence-corrected chi connectivity index (χ0v) is 10.00. The van der Waals surface area contributed by atoms with Crippen molar-refractivity contribution in [3.05, 3.63) is 29.6 Å². The Kier molecular flexibility index (Phi) is 3.92. The smallest absolute Gasteiger partial charge is 0.126 e. The van der Waals surface area contributed by atoms with Crippen LogP contribution in [0.1, 0.15) is 45.3 Å². The maximum absolute atomic E-state index is 12.7. The van der Waals surface area contributed by atoms with E-state index in [-0.39, 0.29) is 11.2 Å². The van der Waals surface area contributed by atoms with E-state index in [4.69, 9.17) is 0 Å². The first kappa shape index (κ1) is 13.0. The maximum Gasteiger partial charge on any atom is 0.126 e. The van der Waals surface area contributed by atoms with Gasteiger partial charge in [0.25, 0.3) is 0 Å².